The third-order valence-corrected chi connectivity index (χ3v) is 4.95. The molecule has 0 aliphatic carbocycles. The van der Waals surface area contributed by atoms with E-state index in [2.05, 4.69) is 43.0 Å². The fraction of sp³-hybridized carbons (Fsp3) is 0.650. The molecule has 1 fully saturated rings. The van der Waals surface area contributed by atoms with Gasteiger partial charge in [-0.25, -0.2) is 9.67 Å². The number of fused-ring (bicyclic) bond motifs is 1. The number of amides is 1. The lowest BCUT2D eigenvalue weighted by Gasteiger charge is -2.26. The average Bonchev–Trinajstić information content (AvgIpc) is 3.09. The van der Waals surface area contributed by atoms with Gasteiger partial charge in [0.25, 0.3) is 5.91 Å². The van der Waals surface area contributed by atoms with Gasteiger partial charge in [-0.3, -0.25) is 9.69 Å². The lowest BCUT2D eigenvalue weighted by molar-refractivity contribution is 0.0374. The summed E-state index contributed by atoms with van der Waals surface area (Å²) >= 11 is 0. The van der Waals surface area contributed by atoms with Gasteiger partial charge >= 0.3 is 0 Å². The second-order valence-electron chi connectivity index (χ2n) is 7.73. The molecule has 0 saturated carbocycles. The van der Waals surface area contributed by atoms with Crippen LogP contribution in [-0.4, -0.2) is 65.0 Å². The van der Waals surface area contributed by atoms with E-state index in [0.29, 0.717) is 12.1 Å². The quantitative estimate of drug-likeness (QED) is 0.755. The van der Waals surface area contributed by atoms with E-state index in [-0.39, 0.29) is 17.9 Å². The summed E-state index contributed by atoms with van der Waals surface area (Å²) in [5.41, 5.74) is 2.38. The normalized spacial score (nSPS) is 15.8. The molecule has 0 spiro atoms. The molecule has 1 N–H and O–H groups in total. The van der Waals surface area contributed by atoms with Crippen molar-refractivity contribution in [2.24, 2.45) is 0 Å². The Morgan fingerprint density at radius 3 is 2.67 bits per heavy atom. The minimum absolute atomic E-state index is 0.0467. The van der Waals surface area contributed by atoms with Crippen LogP contribution in [0.1, 0.15) is 62.1 Å². The molecule has 2 aromatic heterocycles. The first kappa shape index (κ1) is 19.8. The Kier molecular flexibility index (Phi) is 6.44. The number of carbonyl (C=O) groups is 1. The van der Waals surface area contributed by atoms with Crippen LogP contribution in [0.4, 0.5) is 0 Å². The Morgan fingerprint density at radius 2 is 2.00 bits per heavy atom. The SMILES string of the molecule is CC(C)c1cc(C(=O)NCCCN2CCOCC2)c2cnn(C(C)C)c2n1. The predicted molar refractivity (Wildman–Crippen MR) is 106 cm³/mol. The summed E-state index contributed by atoms with van der Waals surface area (Å²) in [7, 11) is 0. The third-order valence-electron chi connectivity index (χ3n) is 4.95. The van der Waals surface area contributed by atoms with Crippen molar-refractivity contribution in [2.75, 3.05) is 39.4 Å². The summed E-state index contributed by atoms with van der Waals surface area (Å²) in [5, 5.41) is 8.34. The number of hydrogen-bond donors (Lipinski definition) is 1. The zero-order valence-corrected chi connectivity index (χ0v) is 16.9. The van der Waals surface area contributed by atoms with E-state index >= 15 is 0 Å². The van der Waals surface area contributed by atoms with Gasteiger partial charge in [0.2, 0.25) is 0 Å². The Balaban J connectivity index is 1.71. The highest BCUT2D eigenvalue weighted by Crippen LogP contribution is 2.24. The topological polar surface area (TPSA) is 72.3 Å². The number of hydrogen-bond acceptors (Lipinski definition) is 5. The van der Waals surface area contributed by atoms with Crippen LogP contribution in [0.25, 0.3) is 11.0 Å². The number of ether oxygens (including phenoxy) is 1. The number of nitrogens with one attached hydrogen (secondary N) is 1. The van der Waals surface area contributed by atoms with Gasteiger partial charge in [0.15, 0.2) is 5.65 Å². The van der Waals surface area contributed by atoms with Gasteiger partial charge in [-0.2, -0.15) is 5.10 Å². The Hall–Kier alpha value is -1.99. The van der Waals surface area contributed by atoms with Crippen LogP contribution in [0.15, 0.2) is 12.3 Å². The molecule has 1 aliphatic rings. The van der Waals surface area contributed by atoms with Crippen molar-refractivity contribution >= 4 is 16.9 Å². The first-order valence-corrected chi connectivity index (χ1v) is 9.94. The molecule has 0 atom stereocenters. The number of carbonyl (C=O) groups excluding carboxylic acids is 1. The van der Waals surface area contributed by atoms with E-state index in [4.69, 9.17) is 9.72 Å². The monoisotopic (exact) mass is 373 g/mol. The van der Waals surface area contributed by atoms with Gasteiger partial charge in [0.05, 0.1) is 30.4 Å². The maximum absolute atomic E-state index is 12.9. The molecule has 0 radical (unpaired) electrons. The maximum atomic E-state index is 12.9. The lowest BCUT2D eigenvalue weighted by Crippen LogP contribution is -2.38. The van der Waals surface area contributed by atoms with Gasteiger partial charge in [0.1, 0.15) is 0 Å². The van der Waals surface area contributed by atoms with Crippen molar-refractivity contribution < 1.29 is 9.53 Å². The molecule has 0 bridgehead atoms. The number of nitrogens with zero attached hydrogens (tertiary/aromatic N) is 4. The minimum atomic E-state index is -0.0467. The fourth-order valence-corrected chi connectivity index (χ4v) is 3.32. The Morgan fingerprint density at radius 1 is 1.26 bits per heavy atom. The third kappa shape index (κ3) is 4.65. The lowest BCUT2D eigenvalue weighted by atomic mass is 10.0. The first-order valence-electron chi connectivity index (χ1n) is 9.94. The van der Waals surface area contributed by atoms with Gasteiger partial charge in [-0.1, -0.05) is 13.8 Å². The Bertz CT molecular complexity index is 778. The van der Waals surface area contributed by atoms with Crippen molar-refractivity contribution in [3.8, 4) is 0 Å². The zero-order valence-electron chi connectivity index (χ0n) is 16.9. The number of morpholine rings is 1. The number of rotatable bonds is 7. The molecule has 1 aliphatic heterocycles. The highest BCUT2D eigenvalue weighted by atomic mass is 16.5. The predicted octanol–water partition coefficient (Wildman–Crippen LogP) is 2.59. The summed E-state index contributed by atoms with van der Waals surface area (Å²) < 4.78 is 7.25. The molecule has 3 rings (SSSR count). The molecule has 148 valence electrons. The summed E-state index contributed by atoms with van der Waals surface area (Å²) in [4.78, 5) is 20.0. The fourth-order valence-electron chi connectivity index (χ4n) is 3.32. The van der Waals surface area contributed by atoms with Crippen LogP contribution in [0, 0.1) is 0 Å². The highest BCUT2D eigenvalue weighted by molar-refractivity contribution is 6.05. The standard InChI is InChI=1S/C20H31N5O2/c1-14(2)18-12-16(17-13-22-25(15(3)4)19(17)23-18)20(26)21-6-5-7-24-8-10-27-11-9-24/h12-15H,5-11H2,1-4H3,(H,21,26). The second kappa shape index (κ2) is 8.80. The average molecular weight is 374 g/mol. The van der Waals surface area contributed by atoms with E-state index in [9.17, 15) is 4.79 Å². The summed E-state index contributed by atoms with van der Waals surface area (Å²) in [6, 6.07) is 2.11. The van der Waals surface area contributed by atoms with Crippen molar-refractivity contribution in [3.05, 3.63) is 23.5 Å². The molecule has 1 saturated heterocycles. The van der Waals surface area contributed by atoms with Crippen LogP contribution in [0.3, 0.4) is 0 Å². The van der Waals surface area contributed by atoms with Gasteiger partial charge < -0.3 is 10.1 Å². The molecule has 0 unspecified atom stereocenters. The largest absolute Gasteiger partial charge is 0.379 e. The molecule has 1 amide bonds. The van der Waals surface area contributed by atoms with E-state index in [1.54, 1.807) is 6.20 Å². The molecule has 7 nitrogen and oxygen atoms in total. The highest BCUT2D eigenvalue weighted by Gasteiger charge is 2.19. The summed E-state index contributed by atoms with van der Waals surface area (Å²) in [6.45, 7) is 13.5. The van der Waals surface area contributed by atoms with Crippen molar-refractivity contribution in [2.45, 2.75) is 46.1 Å². The smallest absolute Gasteiger partial charge is 0.252 e. The molecule has 0 aromatic carbocycles. The second-order valence-corrected chi connectivity index (χ2v) is 7.73. The van der Waals surface area contributed by atoms with Gasteiger partial charge in [0, 0.05) is 31.4 Å². The number of aromatic nitrogens is 3. The van der Waals surface area contributed by atoms with E-state index in [0.717, 1.165) is 56.0 Å². The molecular formula is C20H31N5O2. The number of pyridine rings is 1. The maximum Gasteiger partial charge on any atom is 0.252 e. The van der Waals surface area contributed by atoms with Crippen molar-refractivity contribution in [3.63, 3.8) is 0 Å². The van der Waals surface area contributed by atoms with Crippen molar-refractivity contribution in [1.29, 1.82) is 0 Å². The zero-order chi connectivity index (χ0) is 19.4. The van der Waals surface area contributed by atoms with Crippen LogP contribution in [0.2, 0.25) is 0 Å². The molecule has 27 heavy (non-hydrogen) atoms. The van der Waals surface area contributed by atoms with Crippen LogP contribution in [0.5, 0.6) is 0 Å². The summed E-state index contributed by atoms with van der Waals surface area (Å²) in [5.74, 6) is 0.201. The minimum Gasteiger partial charge on any atom is -0.379 e. The summed E-state index contributed by atoms with van der Waals surface area (Å²) in [6.07, 6.45) is 2.69. The van der Waals surface area contributed by atoms with E-state index < -0.39 is 0 Å². The van der Waals surface area contributed by atoms with Gasteiger partial charge in [-0.05, 0) is 38.8 Å². The van der Waals surface area contributed by atoms with Gasteiger partial charge in [-0.15, -0.1) is 0 Å². The molecular weight excluding hydrogens is 342 g/mol. The Labute approximate surface area is 161 Å². The van der Waals surface area contributed by atoms with E-state index in [1.807, 2.05) is 10.7 Å². The van der Waals surface area contributed by atoms with Crippen LogP contribution < -0.4 is 5.32 Å². The van der Waals surface area contributed by atoms with Crippen LogP contribution in [-0.2, 0) is 4.74 Å². The van der Waals surface area contributed by atoms with Crippen LogP contribution >= 0.6 is 0 Å². The molecule has 2 aromatic rings. The van der Waals surface area contributed by atoms with E-state index in [1.165, 1.54) is 0 Å². The molecule has 7 heteroatoms. The first-order chi connectivity index (χ1) is 13.0. The molecule has 3 heterocycles. The van der Waals surface area contributed by atoms with Crippen molar-refractivity contribution in [1.82, 2.24) is 25.0 Å².